The molecule has 0 spiro atoms. The summed E-state index contributed by atoms with van der Waals surface area (Å²) in [5.41, 5.74) is 1.39. The molecule has 1 heterocycles. The number of rotatable bonds is 3. The van der Waals surface area contributed by atoms with Crippen molar-refractivity contribution in [1.82, 2.24) is 4.90 Å². The number of nitrogens with zero attached hydrogens (tertiary/aromatic N) is 1. The molecule has 2 rings (SSSR count). The molecule has 1 aromatic carbocycles. The van der Waals surface area contributed by atoms with Crippen LogP contribution in [0.1, 0.15) is 37.8 Å². The lowest BCUT2D eigenvalue weighted by atomic mass is 9.83. The molecule has 3 heteroatoms. The summed E-state index contributed by atoms with van der Waals surface area (Å²) in [7, 11) is 0. The monoisotopic (exact) mass is 283 g/mol. The third kappa shape index (κ3) is 3.49. The van der Waals surface area contributed by atoms with E-state index in [0.29, 0.717) is 12.8 Å². The van der Waals surface area contributed by atoms with Gasteiger partial charge < -0.3 is 0 Å². The molecule has 0 atom stereocenters. The lowest BCUT2D eigenvalue weighted by molar-refractivity contribution is 0.0172. The maximum atomic E-state index is 14.5. The highest BCUT2D eigenvalue weighted by Crippen LogP contribution is 2.34. The van der Waals surface area contributed by atoms with E-state index in [1.165, 1.54) is 5.56 Å². The second kappa shape index (κ2) is 5.80. The normalized spacial score (nSPS) is 19.9. The molecule has 0 saturated carbocycles. The first-order valence-corrected chi connectivity index (χ1v) is 7.45. The van der Waals surface area contributed by atoms with Gasteiger partial charge in [-0.1, -0.05) is 43.1 Å². The van der Waals surface area contributed by atoms with Crippen molar-refractivity contribution >= 4 is 11.6 Å². The zero-order valence-corrected chi connectivity index (χ0v) is 12.8. The first-order chi connectivity index (χ1) is 8.90. The number of halogens is 2. The lowest BCUT2D eigenvalue weighted by Gasteiger charge is -2.39. The van der Waals surface area contributed by atoms with E-state index in [0.717, 1.165) is 30.2 Å². The summed E-state index contributed by atoms with van der Waals surface area (Å²) in [4.78, 5) is 2.31. The van der Waals surface area contributed by atoms with Gasteiger partial charge in [-0.3, -0.25) is 4.90 Å². The van der Waals surface area contributed by atoms with Crippen molar-refractivity contribution in [3.8, 4) is 0 Å². The van der Waals surface area contributed by atoms with Crippen LogP contribution in [-0.2, 0) is 6.54 Å². The third-order valence-electron chi connectivity index (χ3n) is 4.32. The van der Waals surface area contributed by atoms with Crippen LogP contribution in [-0.4, -0.2) is 23.7 Å². The Bertz CT molecular complexity index is 436. The Hall–Kier alpha value is -0.600. The van der Waals surface area contributed by atoms with Gasteiger partial charge in [-0.05, 0) is 37.3 Å². The summed E-state index contributed by atoms with van der Waals surface area (Å²) in [6.07, 6.45) is 1.27. The van der Waals surface area contributed by atoms with Crippen molar-refractivity contribution in [1.29, 1.82) is 0 Å². The quantitative estimate of drug-likeness (QED) is 0.783. The Morgan fingerprint density at radius 3 is 2.53 bits per heavy atom. The third-order valence-corrected chi connectivity index (χ3v) is 4.69. The van der Waals surface area contributed by atoms with Gasteiger partial charge in [-0.2, -0.15) is 0 Å². The molecule has 0 aromatic heterocycles. The highest BCUT2D eigenvalue weighted by atomic mass is 35.5. The minimum absolute atomic E-state index is 0.109. The van der Waals surface area contributed by atoms with Gasteiger partial charge in [0.1, 0.15) is 5.67 Å². The molecule has 19 heavy (non-hydrogen) atoms. The van der Waals surface area contributed by atoms with Crippen LogP contribution in [0.5, 0.6) is 0 Å². The van der Waals surface area contributed by atoms with E-state index in [2.05, 4.69) is 17.9 Å². The first-order valence-electron chi connectivity index (χ1n) is 7.07. The van der Waals surface area contributed by atoms with Gasteiger partial charge in [0, 0.05) is 24.7 Å². The second-order valence-electron chi connectivity index (χ2n) is 6.06. The first kappa shape index (κ1) is 14.8. The van der Waals surface area contributed by atoms with Crippen LogP contribution in [0.2, 0.25) is 5.02 Å². The van der Waals surface area contributed by atoms with Gasteiger partial charge in [0.05, 0.1) is 0 Å². The number of alkyl halides is 1. The molecular weight excluding hydrogens is 261 g/mol. The molecule has 0 bridgehead atoms. The van der Waals surface area contributed by atoms with E-state index in [1.54, 1.807) is 0 Å². The predicted molar refractivity (Wildman–Crippen MR) is 79.4 cm³/mol. The molecular formula is C16H23ClFN. The molecule has 0 aliphatic carbocycles. The van der Waals surface area contributed by atoms with Crippen LogP contribution in [0.15, 0.2) is 18.2 Å². The molecule has 0 amide bonds. The largest absolute Gasteiger partial charge is 0.299 e. The molecule has 1 fully saturated rings. The van der Waals surface area contributed by atoms with Gasteiger partial charge in [-0.25, -0.2) is 4.39 Å². The molecule has 1 saturated heterocycles. The van der Waals surface area contributed by atoms with Crippen molar-refractivity contribution < 1.29 is 4.39 Å². The summed E-state index contributed by atoms with van der Waals surface area (Å²) in [5.74, 6) is 0.109. The van der Waals surface area contributed by atoms with Gasteiger partial charge >= 0.3 is 0 Å². The number of piperidine rings is 1. The number of hydrogen-bond acceptors (Lipinski definition) is 1. The maximum Gasteiger partial charge on any atom is 0.115 e. The Labute approximate surface area is 120 Å². The summed E-state index contributed by atoms with van der Waals surface area (Å²) < 4.78 is 14.5. The Morgan fingerprint density at radius 2 is 1.95 bits per heavy atom. The molecule has 1 aliphatic heterocycles. The Kier molecular flexibility index (Phi) is 4.52. The minimum Gasteiger partial charge on any atom is -0.299 e. The van der Waals surface area contributed by atoms with E-state index in [1.807, 2.05) is 26.0 Å². The Morgan fingerprint density at radius 1 is 1.32 bits per heavy atom. The fraction of sp³-hybridized carbons (Fsp3) is 0.625. The molecule has 0 radical (unpaired) electrons. The molecule has 1 nitrogen and oxygen atoms in total. The van der Waals surface area contributed by atoms with Gasteiger partial charge in [0.15, 0.2) is 0 Å². The standard InChI is InChI=1S/C16H23ClFN/c1-12(2)16(18)6-8-19(9-7-16)11-14-10-13(3)4-5-15(14)17/h4-5,10,12H,6-9,11H2,1-3H3. The predicted octanol–water partition coefficient (Wildman–Crippen LogP) is 4.61. The lowest BCUT2D eigenvalue weighted by Crippen LogP contribution is -2.44. The van der Waals surface area contributed by atoms with Crippen LogP contribution >= 0.6 is 11.6 Å². The average molecular weight is 284 g/mol. The minimum atomic E-state index is -0.979. The molecule has 1 aromatic rings. The van der Waals surface area contributed by atoms with Crippen molar-refractivity contribution in [3.63, 3.8) is 0 Å². The van der Waals surface area contributed by atoms with Crippen LogP contribution in [0.4, 0.5) is 4.39 Å². The van der Waals surface area contributed by atoms with Gasteiger partial charge in [-0.15, -0.1) is 0 Å². The second-order valence-corrected chi connectivity index (χ2v) is 6.47. The number of aryl methyl sites for hydroxylation is 1. The maximum absolute atomic E-state index is 14.5. The molecule has 106 valence electrons. The SMILES string of the molecule is Cc1ccc(Cl)c(CN2CCC(F)(C(C)C)CC2)c1. The molecule has 1 aliphatic rings. The number of benzene rings is 1. The zero-order chi connectivity index (χ0) is 14.0. The van der Waals surface area contributed by atoms with Crippen LogP contribution in [0.25, 0.3) is 0 Å². The topological polar surface area (TPSA) is 3.24 Å². The summed E-state index contributed by atoms with van der Waals surface area (Å²) in [6.45, 7) is 8.49. The number of hydrogen-bond donors (Lipinski definition) is 0. The average Bonchev–Trinajstić information content (AvgIpc) is 2.36. The van der Waals surface area contributed by atoms with E-state index < -0.39 is 5.67 Å². The van der Waals surface area contributed by atoms with Crippen LogP contribution in [0, 0.1) is 12.8 Å². The van der Waals surface area contributed by atoms with E-state index in [4.69, 9.17) is 11.6 Å². The van der Waals surface area contributed by atoms with E-state index in [9.17, 15) is 4.39 Å². The van der Waals surface area contributed by atoms with Gasteiger partial charge in [0.2, 0.25) is 0 Å². The fourth-order valence-electron chi connectivity index (χ4n) is 2.73. The molecule has 0 N–H and O–H groups in total. The van der Waals surface area contributed by atoms with Crippen molar-refractivity contribution in [2.75, 3.05) is 13.1 Å². The highest BCUT2D eigenvalue weighted by Gasteiger charge is 2.37. The number of likely N-dealkylation sites (tertiary alicyclic amines) is 1. The van der Waals surface area contributed by atoms with E-state index >= 15 is 0 Å². The van der Waals surface area contributed by atoms with Crippen molar-refractivity contribution in [3.05, 3.63) is 34.3 Å². The van der Waals surface area contributed by atoms with Crippen LogP contribution in [0.3, 0.4) is 0 Å². The Balaban J connectivity index is 1.98. The van der Waals surface area contributed by atoms with Crippen molar-refractivity contribution in [2.24, 2.45) is 5.92 Å². The fourth-order valence-corrected chi connectivity index (χ4v) is 2.90. The van der Waals surface area contributed by atoms with Crippen LogP contribution < -0.4 is 0 Å². The van der Waals surface area contributed by atoms with E-state index in [-0.39, 0.29) is 5.92 Å². The summed E-state index contributed by atoms with van der Waals surface area (Å²) in [6, 6.07) is 6.10. The highest BCUT2D eigenvalue weighted by molar-refractivity contribution is 6.31. The zero-order valence-electron chi connectivity index (χ0n) is 12.0. The van der Waals surface area contributed by atoms with Gasteiger partial charge in [0.25, 0.3) is 0 Å². The summed E-state index contributed by atoms with van der Waals surface area (Å²) >= 11 is 6.22. The molecule has 0 unspecified atom stereocenters. The smallest absolute Gasteiger partial charge is 0.115 e. The summed E-state index contributed by atoms with van der Waals surface area (Å²) in [5, 5.41) is 0.812. The van der Waals surface area contributed by atoms with Crippen molar-refractivity contribution in [2.45, 2.75) is 45.8 Å².